The molecule has 2 aromatic heterocycles. The van der Waals surface area contributed by atoms with Crippen molar-refractivity contribution in [2.75, 3.05) is 38.2 Å². The van der Waals surface area contributed by atoms with Gasteiger partial charge in [-0.25, -0.2) is 14.6 Å². The van der Waals surface area contributed by atoms with E-state index in [1.165, 1.54) is 18.4 Å². The summed E-state index contributed by atoms with van der Waals surface area (Å²) in [6.45, 7) is 3.49. The Kier molecular flexibility index (Phi) is 5.75. The summed E-state index contributed by atoms with van der Waals surface area (Å²) < 4.78 is 7.45. The minimum atomic E-state index is 0.000322. The molecule has 0 amide bonds. The second-order valence-corrected chi connectivity index (χ2v) is 8.17. The quantitative estimate of drug-likeness (QED) is 0.601. The number of tetrazole rings is 1. The van der Waals surface area contributed by atoms with Crippen molar-refractivity contribution in [1.82, 2.24) is 35.1 Å². The first-order valence-electron chi connectivity index (χ1n) is 11.0. The number of ether oxygens (including phenoxy) is 1. The van der Waals surface area contributed by atoms with Crippen LogP contribution in [-0.4, -0.2) is 68.4 Å². The number of methoxy groups -OCH3 is 1. The van der Waals surface area contributed by atoms with Crippen LogP contribution in [0.15, 0.2) is 42.7 Å². The van der Waals surface area contributed by atoms with Crippen LogP contribution in [0.1, 0.15) is 49.2 Å². The Morgan fingerprint density at radius 1 is 0.968 bits per heavy atom. The van der Waals surface area contributed by atoms with Crippen LogP contribution in [0.3, 0.4) is 0 Å². The summed E-state index contributed by atoms with van der Waals surface area (Å²) in [6, 6.07) is 10.5. The minimum Gasteiger partial charge on any atom is -0.497 e. The van der Waals surface area contributed by atoms with Crippen molar-refractivity contribution in [2.24, 2.45) is 0 Å². The number of benzene rings is 1. The first kappa shape index (κ1) is 19.9. The largest absolute Gasteiger partial charge is 0.497 e. The first-order valence-corrected chi connectivity index (χ1v) is 11.0. The molecule has 1 saturated carbocycles. The highest BCUT2D eigenvalue weighted by Crippen LogP contribution is 2.35. The van der Waals surface area contributed by atoms with Crippen molar-refractivity contribution in [1.29, 1.82) is 0 Å². The highest BCUT2D eigenvalue weighted by atomic mass is 16.5. The molecule has 9 heteroatoms. The van der Waals surface area contributed by atoms with E-state index in [2.05, 4.69) is 52.1 Å². The predicted molar refractivity (Wildman–Crippen MR) is 116 cm³/mol. The minimum absolute atomic E-state index is 0.000322. The van der Waals surface area contributed by atoms with Crippen LogP contribution in [-0.2, 0) is 0 Å². The van der Waals surface area contributed by atoms with E-state index in [-0.39, 0.29) is 6.04 Å². The van der Waals surface area contributed by atoms with Gasteiger partial charge in [0.2, 0.25) is 5.95 Å². The van der Waals surface area contributed by atoms with E-state index in [0.29, 0.717) is 6.04 Å². The molecule has 1 aromatic carbocycles. The monoisotopic (exact) mass is 420 g/mol. The van der Waals surface area contributed by atoms with E-state index in [0.717, 1.165) is 56.5 Å². The van der Waals surface area contributed by atoms with E-state index < -0.39 is 0 Å². The fourth-order valence-corrected chi connectivity index (χ4v) is 4.73. The van der Waals surface area contributed by atoms with E-state index in [9.17, 15) is 0 Å². The summed E-state index contributed by atoms with van der Waals surface area (Å²) in [5.41, 5.74) is 1.18. The highest BCUT2D eigenvalue weighted by Gasteiger charge is 2.33. The van der Waals surface area contributed by atoms with Crippen LogP contribution in [0, 0.1) is 0 Å². The lowest BCUT2D eigenvalue weighted by Gasteiger charge is -2.39. The van der Waals surface area contributed by atoms with Crippen molar-refractivity contribution in [3.63, 3.8) is 0 Å². The van der Waals surface area contributed by atoms with Crippen LogP contribution in [0.4, 0.5) is 5.95 Å². The molecule has 2 fully saturated rings. The third kappa shape index (κ3) is 4.10. The Morgan fingerprint density at radius 3 is 2.35 bits per heavy atom. The van der Waals surface area contributed by atoms with E-state index in [1.54, 1.807) is 19.5 Å². The number of anilines is 1. The van der Waals surface area contributed by atoms with Crippen molar-refractivity contribution in [2.45, 2.75) is 37.8 Å². The molecule has 1 unspecified atom stereocenters. The molecule has 0 N–H and O–H groups in total. The molecule has 3 heterocycles. The smallest absolute Gasteiger partial charge is 0.225 e. The topological polar surface area (TPSA) is 85.1 Å². The number of hydrogen-bond acceptors (Lipinski definition) is 8. The van der Waals surface area contributed by atoms with E-state index in [4.69, 9.17) is 4.74 Å². The Morgan fingerprint density at radius 2 is 1.68 bits per heavy atom. The highest BCUT2D eigenvalue weighted by molar-refractivity contribution is 5.33. The number of aromatic nitrogens is 6. The van der Waals surface area contributed by atoms with Crippen LogP contribution in [0.2, 0.25) is 0 Å². The zero-order valence-electron chi connectivity index (χ0n) is 17.8. The molecule has 0 bridgehead atoms. The lowest BCUT2D eigenvalue weighted by atomic mass is 10.0. The van der Waals surface area contributed by atoms with E-state index >= 15 is 0 Å². The maximum absolute atomic E-state index is 5.37. The number of nitrogens with zero attached hydrogens (tertiary/aromatic N) is 8. The van der Waals surface area contributed by atoms with Gasteiger partial charge >= 0.3 is 0 Å². The molecule has 3 aromatic rings. The summed E-state index contributed by atoms with van der Waals surface area (Å²) in [5.74, 6) is 2.57. The molecule has 0 spiro atoms. The molecule has 2 aliphatic rings. The molecule has 1 aliphatic carbocycles. The van der Waals surface area contributed by atoms with Gasteiger partial charge in [-0.2, -0.15) is 0 Å². The molecule has 9 nitrogen and oxygen atoms in total. The molecular weight excluding hydrogens is 392 g/mol. The van der Waals surface area contributed by atoms with Gasteiger partial charge in [0.25, 0.3) is 0 Å². The van der Waals surface area contributed by atoms with Crippen molar-refractivity contribution >= 4 is 5.95 Å². The maximum Gasteiger partial charge on any atom is 0.225 e. The summed E-state index contributed by atoms with van der Waals surface area (Å²) in [6.07, 6.45) is 8.37. The van der Waals surface area contributed by atoms with Gasteiger partial charge in [0.1, 0.15) is 5.75 Å². The molecule has 1 saturated heterocycles. The van der Waals surface area contributed by atoms with E-state index in [1.807, 2.05) is 18.2 Å². The Labute approximate surface area is 182 Å². The van der Waals surface area contributed by atoms with Crippen LogP contribution < -0.4 is 9.64 Å². The molecule has 0 radical (unpaired) electrons. The molecule has 5 rings (SSSR count). The van der Waals surface area contributed by atoms with Crippen LogP contribution in [0.5, 0.6) is 5.75 Å². The van der Waals surface area contributed by atoms with Gasteiger partial charge in [-0.3, -0.25) is 4.90 Å². The number of hydrogen-bond donors (Lipinski definition) is 0. The Bertz CT molecular complexity index is 963. The summed E-state index contributed by atoms with van der Waals surface area (Å²) in [7, 11) is 1.69. The third-order valence-electron chi connectivity index (χ3n) is 6.38. The molecule has 31 heavy (non-hydrogen) atoms. The molecule has 162 valence electrons. The zero-order chi connectivity index (χ0) is 21.0. The predicted octanol–water partition coefficient (Wildman–Crippen LogP) is 2.50. The molecule has 1 atom stereocenters. The second-order valence-electron chi connectivity index (χ2n) is 8.17. The maximum atomic E-state index is 5.37. The van der Waals surface area contributed by atoms with Gasteiger partial charge in [0.15, 0.2) is 5.82 Å². The second kappa shape index (κ2) is 8.97. The molecular formula is C22H28N8O. The van der Waals surface area contributed by atoms with Gasteiger partial charge in [-0.1, -0.05) is 25.0 Å². The van der Waals surface area contributed by atoms with Gasteiger partial charge in [0.05, 0.1) is 19.2 Å². The van der Waals surface area contributed by atoms with Gasteiger partial charge in [-0.15, -0.1) is 5.10 Å². The van der Waals surface area contributed by atoms with Crippen molar-refractivity contribution in [3.8, 4) is 5.75 Å². The van der Waals surface area contributed by atoms with Crippen LogP contribution in [0.25, 0.3) is 0 Å². The van der Waals surface area contributed by atoms with Gasteiger partial charge in [-0.05, 0) is 47.0 Å². The van der Waals surface area contributed by atoms with Crippen LogP contribution >= 0.6 is 0 Å². The van der Waals surface area contributed by atoms with Gasteiger partial charge in [0, 0.05) is 38.6 Å². The summed E-state index contributed by atoms with van der Waals surface area (Å²) >= 11 is 0. The van der Waals surface area contributed by atoms with Crippen molar-refractivity contribution < 1.29 is 4.74 Å². The number of piperazine rings is 1. The fourth-order valence-electron chi connectivity index (χ4n) is 4.73. The third-order valence-corrected chi connectivity index (χ3v) is 6.38. The Balaban J connectivity index is 1.43. The summed E-state index contributed by atoms with van der Waals surface area (Å²) in [5, 5.41) is 13.0. The van der Waals surface area contributed by atoms with Crippen molar-refractivity contribution in [3.05, 3.63) is 54.1 Å². The normalized spacial score (nSPS) is 18.9. The Hall–Kier alpha value is -3.07. The zero-order valence-corrected chi connectivity index (χ0v) is 17.8. The van der Waals surface area contributed by atoms with Gasteiger partial charge < -0.3 is 9.64 Å². The molecule has 1 aliphatic heterocycles. The fraction of sp³-hybridized carbons (Fsp3) is 0.500. The average molecular weight is 421 g/mol. The lowest BCUT2D eigenvalue weighted by Crippen LogP contribution is -2.49. The summed E-state index contributed by atoms with van der Waals surface area (Å²) in [4.78, 5) is 13.5. The average Bonchev–Trinajstić information content (AvgIpc) is 3.53. The first-order chi connectivity index (χ1) is 15.3. The number of rotatable bonds is 6. The standard InChI is InChI=1S/C22H28N8O/c1-31-19-9-7-17(8-10-19)20(21-25-26-27-30(21)18-5-2-3-6-18)28-13-15-29(16-14-28)22-23-11-4-12-24-22/h4,7-12,18,20H,2-3,5-6,13-16H2,1H3. The SMILES string of the molecule is COc1ccc(C(c2nnnn2C2CCCC2)N2CCN(c3ncccn3)CC2)cc1. The lowest BCUT2D eigenvalue weighted by molar-refractivity contribution is 0.197.